The van der Waals surface area contributed by atoms with Crippen LogP contribution in [0.25, 0.3) is 11.0 Å². The zero-order valence-corrected chi connectivity index (χ0v) is 14.2. The van der Waals surface area contributed by atoms with Crippen LogP contribution < -0.4 is 10.2 Å². The molecule has 130 valence electrons. The number of nitrogens with zero attached hydrogens (tertiary/aromatic N) is 4. The van der Waals surface area contributed by atoms with E-state index in [0.717, 1.165) is 47.6 Å². The number of imidazole rings is 1. The highest BCUT2D eigenvalue weighted by atomic mass is 16.3. The van der Waals surface area contributed by atoms with Crippen molar-refractivity contribution in [2.24, 2.45) is 0 Å². The molecule has 1 aliphatic heterocycles. The van der Waals surface area contributed by atoms with Crippen molar-refractivity contribution in [2.75, 3.05) is 23.4 Å². The van der Waals surface area contributed by atoms with Gasteiger partial charge >= 0.3 is 0 Å². The van der Waals surface area contributed by atoms with Gasteiger partial charge in [-0.1, -0.05) is 12.1 Å². The summed E-state index contributed by atoms with van der Waals surface area (Å²) in [5.74, 6) is 2.35. The summed E-state index contributed by atoms with van der Waals surface area (Å²) < 4.78 is 0. The summed E-state index contributed by atoms with van der Waals surface area (Å²) in [6, 6.07) is 8.10. The molecule has 2 aromatic heterocycles. The van der Waals surface area contributed by atoms with Gasteiger partial charge in [-0.25, -0.2) is 9.97 Å². The van der Waals surface area contributed by atoms with Gasteiger partial charge in [0.25, 0.3) is 0 Å². The summed E-state index contributed by atoms with van der Waals surface area (Å²) in [7, 11) is 0. The SMILES string of the molecule is Cc1cnc(N2CCCC2CO)nc1NCc1nc2ccccc2[nH]1. The number of para-hydroxylation sites is 2. The molecule has 0 saturated carbocycles. The molecule has 25 heavy (non-hydrogen) atoms. The molecule has 0 bridgehead atoms. The van der Waals surface area contributed by atoms with Crippen LogP contribution in [0.1, 0.15) is 24.2 Å². The summed E-state index contributed by atoms with van der Waals surface area (Å²) >= 11 is 0. The Morgan fingerprint density at radius 2 is 2.20 bits per heavy atom. The number of hydrogen-bond acceptors (Lipinski definition) is 6. The number of aliphatic hydroxyl groups excluding tert-OH is 1. The maximum atomic E-state index is 9.52. The molecular formula is C18H22N6O. The van der Waals surface area contributed by atoms with Crippen LogP contribution in [-0.2, 0) is 6.54 Å². The van der Waals surface area contributed by atoms with E-state index in [1.165, 1.54) is 0 Å². The lowest BCUT2D eigenvalue weighted by atomic mass is 10.2. The van der Waals surface area contributed by atoms with E-state index in [4.69, 9.17) is 0 Å². The Bertz CT molecular complexity index is 844. The maximum absolute atomic E-state index is 9.52. The van der Waals surface area contributed by atoms with E-state index < -0.39 is 0 Å². The highest BCUT2D eigenvalue weighted by Crippen LogP contribution is 2.24. The van der Waals surface area contributed by atoms with Crippen LogP contribution in [0.5, 0.6) is 0 Å². The number of rotatable bonds is 5. The Hall–Kier alpha value is -2.67. The first-order valence-electron chi connectivity index (χ1n) is 8.63. The van der Waals surface area contributed by atoms with E-state index in [0.29, 0.717) is 12.5 Å². The molecule has 0 aliphatic carbocycles. The fourth-order valence-corrected chi connectivity index (χ4v) is 3.30. The van der Waals surface area contributed by atoms with Crippen LogP contribution in [0, 0.1) is 6.92 Å². The number of hydrogen-bond donors (Lipinski definition) is 3. The standard InChI is InChI=1S/C18H22N6O/c1-12-9-20-18(24-8-4-5-13(24)11-25)23-17(12)19-10-16-21-14-6-2-3-7-15(14)22-16/h2-3,6-7,9,13,25H,4-5,8,10-11H2,1H3,(H,21,22)(H,19,20,23). The molecule has 3 heterocycles. The molecule has 1 atom stereocenters. The number of aromatic nitrogens is 4. The monoisotopic (exact) mass is 338 g/mol. The van der Waals surface area contributed by atoms with E-state index in [-0.39, 0.29) is 12.6 Å². The Kier molecular flexibility index (Phi) is 4.23. The van der Waals surface area contributed by atoms with Gasteiger partial charge in [0, 0.05) is 18.3 Å². The molecule has 3 N–H and O–H groups in total. The Morgan fingerprint density at radius 1 is 1.32 bits per heavy atom. The lowest BCUT2D eigenvalue weighted by Gasteiger charge is -2.23. The summed E-state index contributed by atoms with van der Waals surface area (Å²) in [5.41, 5.74) is 2.98. The summed E-state index contributed by atoms with van der Waals surface area (Å²) in [6.45, 7) is 3.57. The maximum Gasteiger partial charge on any atom is 0.227 e. The quantitative estimate of drug-likeness (QED) is 0.661. The lowest BCUT2D eigenvalue weighted by molar-refractivity contribution is 0.265. The van der Waals surface area contributed by atoms with Crippen molar-refractivity contribution in [2.45, 2.75) is 32.4 Å². The Morgan fingerprint density at radius 3 is 3.04 bits per heavy atom. The normalized spacial score (nSPS) is 17.4. The third-order valence-electron chi connectivity index (χ3n) is 4.67. The van der Waals surface area contributed by atoms with Gasteiger partial charge in [0.2, 0.25) is 5.95 Å². The number of anilines is 2. The minimum atomic E-state index is 0.117. The fourth-order valence-electron chi connectivity index (χ4n) is 3.30. The number of aromatic amines is 1. The van der Waals surface area contributed by atoms with Crippen LogP contribution in [0.15, 0.2) is 30.5 Å². The second kappa shape index (κ2) is 6.68. The predicted molar refractivity (Wildman–Crippen MR) is 97.6 cm³/mol. The molecule has 0 amide bonds. The number of aryl methyl sites for hydroxylation is 1. The summed E-state index contributed by atoms with van der Waals surface area (Å²) in [4.78, 5) is 19.1. The molecule has 3 aromatic rings. The van der Waals surface area contributed by atoms with E-state index >= 15 is 0 Å². The Balaban J connectivity index is 1.52. The van der Waals surface area contributed by atoms with Gasteiger partial charge in [0.05, 0.1) is 30.2 Å². The first-order chi connectivity index (χ1) is 12.2. The van der Waals surface area contributed by atoms with E-state index in [2.05, 4.69) is 30.2 Å². The third kappa shape index (κ3) is 3.15. The number of aliphatic hydroxyl groups is 1. The second-order valence-electron chi connectivity index (χ2n) is 6.43. The average molecular weight is 338 g/mol. The number of H-pyrrole nitrogens is 1. The van der Waals surface area contributed by atoms with Crippen LogP contribution in [0.4, 0.5) is 11.8 Å². The molecule has 1 saturated heterocycles. The van der Waals surface area contributed by atoms with Crippen molar-refractivity contribution in [1.29, 1.82) is 0 Å². The van der Waals surface area contributed by atoms with Gasteiger partial charge < -0.3 is 20.3 Å². The smallest absolute Gasteiger partial charge is 0.227 e. The minimum Gasteiger partial charge on any atom is -0.394 e. The Labute approximate surface area is 146 Å². The van der Waals surface area contributed by atoms with E-state index in [9.17, 15) is 5.11 Å². The number of fused-ring (bicyclic) bond motifs is 1. The molecule has 1 aliphatic rings. The molecule has 0 radical (unpaired) electrons. The molecule has 1 fully saturated rings. The van der Waals surface area contributed by atoms with Crippen LogP contribution >= 0.6 is 0 Å². The molecule has 1 aromatic carbocycles. The van der Waals surface area contributed by atoms with Crippen molar-refractivity contribution in [3.63, 3.8) is 0 Å². The van der Waals surface area contributed by atoms with Gasteiger partial charge in [-0.3, -0.25) is 0 Å². The lowest BCUT2D eigenvalue weighted by Crippen LogP contribution is -2.33. The highest BCUT2D eigenvalue weighted by Gasteiger charge is 2.26. The third-order valence-corrected chi connectivity index (χ3v) is 4.67. The van der Waals surface area contributed by atoms with Crippen LogP contribution in [0.2, 0.25) is 0 Å². The van der Waals surface area contributed by atoms with E-state index in [1.807, 2.05) is 37.4 Å². The summed E-state index contributed by atoms with van der Waals surface area (Å²) in [5, 5.41) is 12.9. The van der Waals surface area contributed by atoms with Gasteiger partial charge in [-0.05, 0) is 31.9 Å². The molecule has 1 unspecified atom stereocenters. The van der Waals surface area contributed by atoms with Crippen molar-refractivity contribution in [1.82, 2.24) is 19.9 Å². The van der Waals surface area contributed by atoms with Crippen molar-refractivity contribution >= 4 is 22.8 Å². The average Bonchev–Trinajstić information content (AvgIpc) is 3.27. The van der Waals surface area contributed by atoms with Crippen LogP contribution in [-0.4, -0.2) is 44.2 Å². The highest BCUT2D eigenvalue weighted by molar-refractivity contribution is 5.74. The zero-order valence-electron chi connectivity index (χ0n) is 14.2. The molecule has 4 rings (SSSR count). The molecule has 7 nitrogen and oxygen atoms in total. The fraction of sp³-hybridized carbons (Fsp3) is 0.389. The van der Waals surface area contributed by atoms with Crippen molar-refractivity contribution < 1.29 is 5.11 Å². The first-order valence-corrected chi connectivity index (χ1v) is 8.63. The van der Waals surface area contributed by atoms with Crippen molar-refractivity contribution in [3.8, 4) is 0 Å². The zero-order chi connectivity index (χ0) is 17.2. The van der Waals surface area contributed by atoms with Gasteiger partial charge in [-0.15, -0.1) is 0 Å². The topological polar surface area (TPSA) is 90.0 Å². The van der Waals surface area contributed by atoms with E-state index in [1.54, 1.807) is 0 Å². The number of nitrogens with one attached hydrogen (secondary N) is 2. The minimum absolute atomic E-state index is 0.117. The van der Waals surface area contributed by atoms with Gasteiger partial charge in [0.15, 0.2) is 0 Å². The van der Waals surface area contributed by atoms with Gasteiger partial charge in [-0.2, -0.15) is 4.98 Å². The molecular weight excluding hydrogens is 316 g/mol. The van der Waals surface area contributed by atoms with Gasteiger partial charge in [0.1, 0.15) is 11.6 Å². The second-order valence-corrected chi connectivity index (χ2v) is 6.43. The molecule has 7 heteroatoms. The first kappa shape index (κ1) is 15.8. The summed E-state index contributed by atoms with van der Waals surface area (Å²) in [6.07, 6.45) is 3.87. The largest absolute Gasteiger partial charge is 0.394 e. The van der Waals surface area contributed by atoms with Crippen LogP contribution in [0.3, 0.4) is 0 Å². The van der Waals surface area contributed by atoms with Crippen molar-refractivity contribution in [3.05, 3.63) is 41.9 Å². The number of benzene rings is 1. The molecule has 0 spiro atoms. The predicted octanol–water partition coefficient (Wildman–Crippen LogP) is 2.23.